The van der Waals surface area contributed by atoms with Gasteiger partial charge in [0, 0.05) is 17.2 Å². The van der Waals surface area contributed by atoms with Gasteiger partial charge in [-0.3, -0.25) is 4.79 Å². The first kappa shape index (κ1) is 14.3. The molecule has 0 unspecified atom stereocenters. The molecular formula is C10H15BrN4OS. The molecule has 1 aromatic rings. The van der Waals surface area contributed by atoms with Gasteiger partial charge in [-0.1, -0.05) is 0 Å². The van der Waals surface area contributed by atoms with Gasteiger partial charge in [0.15, 0.2) is 5.82 Å². The molecule has 1 heterocycles. The lowest BCUT2D eigenvalue weighted by molar-refractivity contribution is 0.0954. The number of thioether (sulfide) groups is 1. The van der Waals surface area contributed by atoms with Gasteiger partial charge in [-0.2, -0.15) is 11.8 Å². The van der Waals surface area contributed by atoms with Crippen LogP contribution in [0.1, 0.15) is 16.8 Å². The van der Waals surface area contributed by atoms with Crippen molar-refractivity contribution in [3.63, 3.8) is 0 Å². The first-order valence-electron chi connectivity index (χ1n) is 5.08. The van der Waals surface area contributed by atoms with Gasteiger partial charge in [0.1, 0.15) is 0 Å². The third kappa shape index (κ3) is 4.53. The summed E-state index contributed by atoms with van der Waals surface area (Å²) in [7, 11) is 0. The number of nitrogens with zero attached hydrogens (tertiary/aromatic N) is 1. The summed E-state index contributed by atoms with van der Waals surface area (Å²) in [6.45, 7) is 0.649. The highest BCUT2D eigenvalue weighted by Crippen LogP contribution is 2.17. The summed E-state index contributed by atoms with van der Waals surface area (Å²) in [5.41, 5.74) is 2.84. The van der Waals surface area contributed by atoms with Gasteiger partial charge in [-0.15, -0.1) is 0 Å². The van der Waals surface area contributed by atoms with Crippen molar-refractivity contribution in [2.24, 2.45) is 5.84 Å². The molecule has 7 heteroatoms. The van der Waals surface area contributed by atoms with Gasteiger partial charge in [0.25, 0.3) is 5.91 Å². The number of nitrogen functional groups attached to an aromatic ring is 1. The molecule has 17 heavy (non-hydrogen) atoms. The number of amides is 1. The topological polar surface area (TPSA) is 80.0 Å². The number of carbonyl (C=O) groups is 1. The van der Waals surface area contributed by atoms with Crippen molar-refractivity contribution in [2.45, 2.75) is 6.42 Å². The first-order chi connectivity index (χ1) is 8.19. The maximum absolute atomic E-state index is 11.9. The average Bonchev–Trinajstić information content (AvgIpc) is 2.34. The van der Waals surface area contributed by atoms with E-state index in [0.717, 1.165) is 16.6 Å². The maximum atomic E-state index is 11.9. The van der Waals surface area contributed by atoms with Crippen molar-refractivity contribution in [1.82, 2.24) is 10.3 Å². The van der Waals surface area contributed by atoms with Crippen molar-refractivity contribution in [1.29, 1.82) is 0 Å². The number of carbonyl (C=O) groups excluding carboxylic acids is 1. The lowest BCUT2D eigenvalue weighted by Gasteiger charge is -2.08. The fourth-order valence-corrected chi connectivity index (χ4v) is 2.01. The molecule has 1 rings (SSSR count). The molecule has 0 fully saturated rings. The van der Waals surface area contributed by atoms with Crippen LogP contribution in [0.3, 0.4) is 0 Å². The summed E-state index contributed by atoms with van der Waals surface area (Å²) < 4.78 is 0.741. The van der Waals surface area contributed by atoms with Crippen LogP contribution in [0.2, 0.25) is 0 Å². The van der Waals surface area contributed by atoms with E-state index in [1.165, 1.54) is 0 Å². The van der Waals surface area contributed by atoms with Crippen LogP contribution in [0.4, 0.5) is 5.82 Å². The summed E-state index contributed by atoms with van der Waals surface area (Å²) in [6, 6.07) is 1.69. The molecule has 1 aromatic heterocycles. The SMILES string of the molecule is CSCCCNC(=O)c1cc(Br)cnc1NN. The molecule has 0 radical (unpaired) electrons. The van der Waals surface area contributed by atoms with Crippen molar-refractivity contribution in [3.8, 4) is 0 Å². The fraction of sp³-hybridized carbons (Fsp3) is 0.400. The average molecular weight is 319 g/mol. The van der Waals surface area contributed by atoms with Gasteiger partial charge in [-0.05, 0) is 40.4 Å². The van der Waals surface area contributed by atoms with Crippen LogP contribution in [0.25, 0.3) is 0 Å². The van der Waals surface area contributed by atoms with E-state index in [-0.39, 0.29) is 5.91 Å². The van der Waals surface area contributed by atoms with Gasteiger partial charge in [0.2, 0.25) is 0 Å². The predicted molar refractivity (Wildman–Crippen MR) is 75.1 cm³/mol. The largest absolute Gasteiger partial charge is 0.352 e. The number of nitrogens with two attached hydrogens (primary N) is 1. The van der Waals surface area contributed by atoms with Crippen molar-refractivity contribution < 1.29 is 4.79 Å². The highest BCUT2D eigenvalue weighted by atomic mass is 79.9. The Hall–Kier alpha value is -0.790. The molecule has 5 nitrogen and oxygen atoms in total. The van der Waals surface area contributed by atoms with E-state index < -0.39 is 0 Å². The summed E-state index contributed by atoms with van der Waals surface area (Å²) in [5, 5.41) is 2.83. The van der Waals surface area contributed by atoms with E-state index in [1.54, 1.807) is 24.0 Å². The van der Waals surface area contributed by atoms with Crippen LogP contribution in [0.5, 0.6) is 0 Å². The lowest BCUT2D eigenvalue weighted by Crippen LogP contribution is -2.27. The number of rotatable bonds is 6. The molecule has 0 saturated heterocycles. The van der Waals surface area contributed by atoms with E-state index in [1.807, 2.05) is 6.26 Å². The summed E-state index contributed by atoms with van der Waals surface area (Å²) in [6.07, 6.45) is 4.57. The zero-order chi connectivity index (χ0) is 12.7. The van der Waals surface area contributed by atoms with Crippen molar-refractivity contribution in [2.75, 3.05) is 24.0 Å². The molecule has 4 N–H and O–H groups in total. The molecule has 94 valence electrons. The monoisotopic (exact) mass is 318 g/mol. The summed E-state index contributed by atoms with van der Waals surface area (Å²) >= 11 is 5.03. The first-order valence-corrected chi connectivity index (χ1v) is 7.27. The predicted octanol–water partition coefficient (Wildman–Crippen LogP) is 1.61. The Labute approximate surface area is 113 Å². The van der Waals surface area contributed by atoms with Crippen LogP contribution in [-0.2, 0) is 0 Å². The van der Waals surface area contributed by atoms with Gasteiger partial charge < -0.3 is 10.7 Å². The van der Waals surface area contributed by atoms with E-state index in [9.17, 15) is 4.79 Å². The highest BCUT2D eigenvalue weighted by molar-refractivity contribution is 9.10. The minimum Gasteiger partial charge on any atom is -0.352 e. The zero-order valence-corrected chi connectivity index (χ0v) is 11.9. The Kier molecular flexibility index (Phi) is 6.31. The highest BCUT2D eigenvalue weighted by Gasteiger charge is 2.12. The van der Waals surface area contributed by atoms with Crippen LogP contribution in [0, 0.1) is 0 Å². The molecule has 0 spiro atoms. The van der Waals surface area contributed by atoms with E-state index >= 15 is 0 Å². The second-order valence-corrected chi connectivity index (χ2v) is 5.20. The molecule has 0 aliphatic heterocycles. The van der Waals surface area contributed by atoms with Crippen molar-refractivity contribution in [3.05, 3.63) is 22.3 Å². The summed E-state index contributed by atoms with van der Waals surface area (Å²) in [4.78, 5) is 15.9. The zero-order valence-electron chi connectivity index (χ0n) is 9.50. The van der Waals surface area contributed by atoms with Crippen LogP contribution >= 0.6 is 27.7 Å². The van der Waals surface area contributed by atoms with Crippen LogP contribution < -0.4 is 16.6 Å². The number of hydrazine groups is 1. The number of anilines is 1. The Balaban J connectivity index is 2.64. The normalized spacial score (nSPS) is 10.1. The number of nitrogens with one attached hydrogen (secondary N) is 2. The third-order valence-electron chi connectivity index (χ3n) is 2.05. The molecule has 0 aliphatic rings. The number of aromatic nitrogens is 1. The van der Waals surface area contributed by atoms with Crippen LogP contribution in [-0.4, -0.2) is 29.4 Å². The maximum Gasteiger partial charge on any atom is 0.255 e. The van der Waals surface area contributed by atoms with Gasteiger partial charge in [-0.25, -0.2) is 10.8 Å². The number of pyridine rings is 1. The molecule has 0 atom stereocenters. The third-order valence-corrected chi connectivity index (χ3v) is 3.18. The standard InChI is InChI=1S/C10H15BrN4OS/c1-17-4-2-3-13-10(16)8-5-7(11)6-14-9(8)15-12/h5-6H,2-4,12H2,1H3,(H,13,16)(H,14,15). The summed E-state index contributed by atoms with van der Waals surface area (Å²) in [5.74, 6) is 6.53. The molecule has 0 bridgehead atoms. The molecule has 0 aliphatic carbocycles. The number of halogens is 1. The second kappa shape index (κ2) is 7.52. The molecule has 0 aromatic carbocycles. The Bertz CT molecular complexity index is 389. The smallest absolute Gasteiger partial charge is 0.255 e. The minimum absolute atomic E-state index is 0.173. The van der Waals surface area contributed by atoms with Crippen LogP contribution in [0.15, 0.2) is 16.7 Å². The van der Waals surface area contributed by atoms with Crippen molar-refractivity contribution >= 4 is 39.4 Å². The fourth-order valence-electron chi connectivity index (χ4n) is 1.24. The van der Waals surface area contributed by atoms with E-state index in [2.05, 4.69) is 31.7 Å². The number of hydrogen-bond acceptors (Lipinski definition) is 5. The van der Waals surface area contributed by atoms with E-state index in [0.29, 0.717) is 17.9 Å². The Morgan fingerprint density at radius 2 is 2.41 bits per heavy atom. The second-order valence-electron chi connectivity index (χ2n) is 3.30. The lowest BCUT2D eigenvalue weighted by atomic mass is 10.2. The van der Waals surface area contributed by atoms with Gasteiger partial charge in [0.05, 0.1) is 5.56 Å². The minimum atomic E-state index is -0.173. The molecular weight excluding hydrogens is 304 g/mol. The van der Waals surface area contributed by atoms with Gasteiger partial charge >= 0.3 is 0 Å². The number of hydrogen-bond donors (Lipinski definition) is 3. The molecule has 0 saturated carbocycles. The van der Waals surface area contributed by atoms with E-state index in [4.69, 9.17) is 5.84 Å². The quantitative estimate of drug-likeness (QED) is 0.422. The Morgan fingerprint density at radius 3 is 3.06 bits per heavy atom. The molecule has 1 amide bonds. The Morgan fingerprint density at radius 1 is 1.65 bits per heavy atom.